The van der Waals surface area contributed by atoms with Crippen LogP contribution in [-0.2, 0) is 6.42 Å². The third-order valence-corrected chi connectivity index (χ3v) is 5.01. The number of aromatic nitrogens is 2. The van der Waals surface area contributed by atoms with Crippen LogP contribution in [0.25, 0.3) is 11.4 Å². The Bertz CT molecular complexity index is 1100. The SMILES string of the molecule is COc1cc(-c2nc3c(c(=O)[nH]2)Cc2cc(Br)ccc2O3)cc(OC)c1OC. The van der Waals surface area contributed by atoms with Crippen LogP contribution in [0.4, 0.5) is 0 Å². The summed E-state index contributed by atoms with van der Waals surface area (Å²) in [6.45, 7) is 0. The lowest BCUT2D eigenvalue weighted by Gasteiger charge is -2.19. The third-order valence-electron chi connectivity index (χ3n) is 4.51. The summed E-state index contributed by atoms with van der Waals surface area (Å²) in [7, 11) is 4.59. The molecule has 1 aromatic heterocycles. The third kappa shape index (κ3) is 3.09. The highest BCUT2D eigenvalue weighted by atomic mass is 79.9. The summed E-state index contributed by atoms with van der Waals surface area (Å²) in [6, 6.07) is 9.12. The summed E-state index contributed by atoms with van der Waals surface area (Å²) in [4.78, 5) is 20.1. The van der Waals surface area contributed by atoms with Gasteiger partial charge in [0, 0.05) is 22.0 Å². The van der Waals surface area contributed by atoms with E-state index < -0.39 is 0 Å². The van der Waals surface area contributed by atoms with Crippen molar-refractivity contribution < 1.29 is 18.9 Å². The number of methoxy groups -OCH3 is 3. The van der Waals surface area contributed by atoms with Crippen molar-refractivity contribution in [3.8, 4) is 40.3 Å². The first-order valence-electron chi connectivity index (χ1n) is 8.44. The second-order valence-corrected chi connectivity index (χ2v) is 7.06. The summed E-state index contributed by atoms with van der Waals surface area (Å²) in [5.74, 6) is 2.72. The van der Waals surface area contributed by atoms with Gasteiger partial charge in [-0.1, -0.05) is 15.9 Å². The lowest BCUT2D eigenvalue weighted by molar-refractivity contribution is 0.324. The van der Waals surface area contributed by atoms with Gasteiger partial charge in [0.05, 0.1) is 26.9 Å². The number of hydrogen-bond acceptors (Lipinski definition) is 6. The van der Waals surface area contributed by atoms with Crippen LogP contribution in [-0.4, -0.2) is 31.3 Å². The van der Waals surface area contributed by atoms with Crippen molar-refractivity contribution in [2.24, 2.45) is 0 Å². The predicted molar refractivity (Wildman–Crippen MR) is 107 cm³/mol. The number of nitrogens with one attached hydrogen (secondary N) is 1. The molecule has 1 aliphatic heterocycles. The molecule has 0 fully saturated rings. The molecule has 0 spiro atoms. The lowest BCUT2D eigenvalue weighted by Crippen LogP contribution is -2.20. The van der Waals surface area contributed by atoms with E-state index in [4.69, 9.17) is 18.9 Å². The molecule has 2 heterocycles. The van der Waals surface area contributed by atoms with Crippen molar-refractivity contribution in [2.45, 2.75) is 6.42 Å². The summed E-state index contributed by atoms with van der Waals surface area (Å²) >= 11 is 3.44. The molecule has 4 rings (SSSR count). The molecule has 0 radical (unpaired) electrons. The van der Waals surface area contributed by atoms with Crippen LogP contribution < -0.4 is 24.5 Å². The lowest BCUT2D eigenvalue weighted by atomic mass is 10.0. The minimum atomic E-state index is -0.251. The maximum Gasteiger partial charge on any atom is 0.258 e. The summed E-state index contributed by atoms with van der Waals surface area (Å²) in [5, 5.41) is 0. The smallest absolute Gasteiger partial charge is 0.258 e. The van der Waals surface area contributed by atoms with E-state index in [1.165, 1.54) is 21.3 Å². The first-order chi connectivity index (χ1) is 13.5. The molecule has 0 saturated carbocycles. The van der Waals surface area contributed by atoms with Crippen molar-refractivity contribution in [3.63, 3.8) is 0 Å². The van der Waals surface area contributed by atoms with Gasteiger partial charge in [-0.3, -0.25) is 4.79 Å². The van der Waals surface area contributed by atoms with E-state index in [0.717, 1.165) is 10.0 Å². The standard InChI is InChI=1S/C20H17BrN2O5/c1-25-15-8-11(9-16(26-2)17(15)27-3)18-22-19(24)13-7-10-6-12(21)4-5-14(10)28-20(13)23-18/h4-6,8-9H,7H2,1-3H3,(H,22,23,24). The number of aromatic amines is 1. The predicted octanol–water partition coefficient (Wildman–Crippen LogP) is 3.92. The van der Waals surface area contributed by atoms with Crippen LogP contribution in [0.5, 0.6) is 28.9 Å². The molecule has 0 amide bonds. The zero-order valence-corrected chi connectivity index (χ0v) is 17.0. The van der Waals surface area contributed by atoms with E-state index in [1.807, 2.05) is 18.2 Å². The molecule has 0 aliphatic carbocycles. The van der Waals surface area contributed by atoms with Crippen LogP contribution >= 0.6 is 15.9 Å². The summed E-state index contributed by atoms with van der Waals surface area (Å²) in [6.07, 6.45) is 0.446. The topological polar surface area (TPSA) is 82.7 Å². The van der Waals surface area contributed by atoms with Gasteiger partial charge < -0.3 is 23.9 Å². The van der Waals surface area contributed by atoms with E-state index in [2.05, 4.69) is 25.9 Å². The fourth-order valence-corrected chi connectivity index (χ4v) is 3.56. The Hall–Kier alpha value is -3.00. The summed E-state index contributed by atoms with van der Waals surface area (Å²) < 4.78 is 22.9. The highest BCUT2D eigenvalue weighted by molar-refractivity contribution is 9.10. The molecule has 144 valence electrons. The molecule has 0 saturated heterocycles. The molecule has 0 atom stereocenters. The highest BCUT2D eigenvalue weighted by Crippen LogP contribution is 2.41. The largest absolute Gasteiger partial charge is 0.493 e. The molecule has 7 nitrogen and oxygen atoms in total. The van der Waals surface area contributed by atoms with Gasteiger partial charge in [-0.05, 0) is 30.3 Å². The Morgan fingerprint density at radius 1 is 1.07 bits per heavy atom. The van der Waals surface area contributed by atoms with E-state index in [9.17, 15) is 4.79 Å². The highest BCUT2D eigenvalue weighted by Gasteiger charge is 2.23. The van der Waals surface area contributed by atoms with Crippen molar-refractivity contribution in [3.05, 3.63) is 56.3 Å². The van der Waals surface area contributed by atoms with Crippen molar-refractivity contribution in [1.82, 2.24) is 9.97 Å². The number of benzene rings is 2. The fraction of sp³-hybridized carbons (Fsp3) is 0.200. The van der Waals surface area contributed by atoms with Crippen LogP contribution in [0, 0.1) is 0 Å². The molecule has 1 aliphatic rings. The normalized spacial score (nSPS) is 11.9. The van der Waals surface area contributed by atoms with Crippen molar-refractivity contribution in [1.29, 1.82) is 0 Å². The average molecular weight is 445 g/mol. The Morgan fingerprint density at radius 3 is 2.43 bits per heavy atom. The quantitative estimate of drug-likeness (QED) is 0.513. The Balaban J connectivity index is 1.82. The van der Waals surface area contributed by atoms with Crippen LogP contribution in [0.3, 0.4) is 0 Å². The van der Waals surface area contributed by atoms with Crippen LogP contribution in [0.2, 0.25) is 0 Å². The number of rotatable bonds is 4. The number of halogens is 1. The van der Waals surface area contributed by atoms with Gasteiger partial charge >= 0.3 is 0 Å². The number of fused-ring (bicyclic) bond motifs is 2. The Morgan fingerprint density at radius 2 is 1.79 bits per heavy atom. The van der Waals surface area contributed by atoms with Gasteiger partial charge in [-0.25, -0.2) is 0 Å². The van der Waals surface area contributed by atoms with Crippen LogP contribution in [0.15, 0.2) is 39.6 Å². The van der Waals surface area contributed by atoms with Gasteiger partial charge in [0.1, 0.15) is 11.6 Å². The van der Waals surface area contributed by atoms with Crippen molar-refractivity contribution >= 4 is 15.9 Å². The van der Waals surface area contributed by atoms with Gasteiger partial charge in [-0.15, -0.1) is 0 Å². The van der Waals surface area contributed by atoms with Crippen molar-refractivity contribution in [2.75, 3.05) is 21.3 Å². The van der Waals surface area contributed by atoms with Gasteiger partial charge in [-0.2, -0.15) is 4.98 Å². The first-order valence-corrected chi connectivity index (χ1v) is 9.23. The zero-order valence-electron chi connectivity index (χ0n) is 15.5. The fourth-order valence-electron chi connectivity index (χ4n) is 3.15. The Kier molecular flexibility index (Phi) is 4.72. The molecule has 1 N–H and O–H groups in total. The molecule has 0 bridgehead atoms. The number of hydrogen-bond donors (Lipinski definition) is 1. The molecular weight excluding hydrogens is 428 g/mol. The van der Waals surface area contributed by atoms with Gasteiger partial charge in [0.15, 0.2) is 11.5 Å². The minimum absolute atomic E-state index is 0.251. The molecular formula is C20H17BrN2O5. The zero-order chi connectivity index (χ0) is 19.8. The number of nitrogens with zero attached hydrogens (tertiary/aromatic N) is 1. The van der Waals surface area contributed by atoms with E-state index in [-0.39, 0.29) is 5.56 Å². The second kappa shape index (κ2) is 7.20. The van der Waals surface area contributed by atoms with Gasteiger partial charge in [0.2, 0.25) is 11.6 Å². The van der Waals surface area contributed by atoms with E-state index in [1.54, 1.807) is 12.1 Å². The van der Waals surface area contributed by atoms with E-state index in [0.29, 0.717) is 52.3 Å². The summed E-state index contributed by atoms with van der Waals surface area (Å²) in [5.41, 5.74) is 1.77. The monoisotopic (exact) mass is 444 g/mol. The average Bonchev–Trinajstić information content (AvgIpc) is 2.71. The first kappa shape index (κ1) is 18.4. The van der Waals surface area contributed by atoms with E-state index >= 15 is 0 Å². The molecule has 8 heteroatoms. The molecule has 3 aromatic rings. The minimum Gasteiger partial charge on any atom is -0.493 e. The molecule has 2 aromatic carbocycles. The number of ether oxygens (including phenoxy) is 4. The molecule has 28 heavy (non-hydrogen) atoms. The Labute approximate surface area is 169 Å². The second-order valence-electron chi connectivity index (χ2n) is 6.14. The molecule has 0 unspecified atom stereocenters. The van der Waals surface area contributed by atoms with Crippen LogP contribution in [0.1, 0.15) is 11.1 Å². The van der Waals surface area contributed by atoms with Gasteiger partial charge in [0.25, 0.3) is 5.56 Å². The number of H-pyrrole nitrogens is 1. The maximum atomic E-state index is 12.7. The maximum absolute atomic E-state index is 12.7.